The number of benzene rings is 2. The zero-order chi connectivity index (χ0) is 19.4. The highest BCUT2D eigenvalue weighted by molar-refractivity contribution is 5.95. The van der Waals surface area contributed by atoms with Crippen molar-refractivity contribution in [1.29, 1.82) is 0 Å². The topological polar surface area (TPSA) is 49.9 Å². The number of carbonyl (C=O) groups is 2. The van der Waals surface area contributed by atoms with E-state index < -0.39 is 11.6 Å². The third-order valence-corrected chi connectivity index (χ3v) is 4.56. The molecule has 2 amide bonds. The van der Waals surface area contributed by atoms with Crippen LogP contribution in [0.2, 0.25) is 0 Å². The van der Waals surface area contributed by atoms with Crippen molar-refractivity contribution in [3.8, 4) is 5.75 Å². The Balaban J connectivity index is 1.67. The van der Waals surface area contributed by atoms with E-state index in [0.717, 1.165) is 6.07 Å². The van der Waals surface area contributed by atoms with Crippen LogP contribution in [0.1, 0.15) is 27.1 Å². The number of carbonyl (C=O) groups excluding carboxylic acids is 2. The molecular formula is C20H20F2N2O3. The Hall–Kier alpha value is -2.96. The number of amides is 2. The first-order chi connectivity index (χ1) is 13.0. The number of rotatable bonds is 3. The van der Waals surface area contributed by atoms with Crippen LogP contribution in [-0.4, -0.2) is 54.9 Å². The maximum atomic E-state index is 13.9. The van der Waals surface area contributed by atoms with E-state index in [-0.39, 0.29) is 23.1 Å². The maximum Gasteiger partial charge on any atom is 0.254 e. The van der Waals surface area contributed by atoms with Crippen LogP contribution in [0.5, 0.6) is 5.75 Å². The smallest absolute Gasteiger partial charge is 0.254 e. The molecule has 0 bridgehead atoms. The summed E-state index contributed by atoms with van der Waals surface area (Å²) in [6, 6.07) is 9.50. The summed E-state index contributed by atoms with van der Waals surface area (Å²) < 4.78 is 31.8. The van der Waals surface area contributed by atoms with Crippen LogP contribution >= 0.6 is 0 Å². The van der Waals surface area contributed by atoms with Crippen LogP contribution < -0.4 is 4.74 Å². The van der Waals surface area contributed by atoms with Crippen LogP contribution in [0.4, 0.5) is 8.78 Å². The van der Waals surface area contributed by atoms with E-state index in [1.165, 1.54) is 43.5 Å². The minimum atomic E-state index is -0.591. The van der Waals surface area contributed by atoms with Gasteiger partial charge in [-0.15, -0.1) is 0 Å². The third kappa shape index (κ3) is 4.24. The quantitative estimate of drug-likeness (QED) is 0.830. The van der Waals surface area contributed by atoms with Crippen molar-refractivity contribution in [3.05, 3.63) is 65.2 Å². The summed E-state index contributed by atoms with van der Waals surface area (Å²) in [6.07, 6.45) is 0.608. The molecule has 0 atom stereocenters. The van der Waals surface area contributed by atoms with Gasteiger partial charge in [-0.05, 0) is 48.9 Å². The summed E-state index contributed by atoms with van der Waals surface area (Å²) in [5.74, 6) is -1.39. The highest BCUT2D eigenvalue weighted by Gasteiger charge is 2.24. The molecule has 0 spiro atoms. The van der Waals surface area contributed by atoms with Gasteiger partial charge in [-0.3, -0.25) is 9.59 Å². The fourth-order valence-corrected chi connectivity index (χ4v) is 3.08. The van der Waals surface area contributed by atoms with E-state index >= 15 is 0 Å². The first-order valence-electron chi connectivity index (χ1n) is 8.67. The number of halogens is 2. The largest absolute Gasteiger partial charge is 0.494 e. The van der Waals surface area contributed by atoms with Gasteiger partial charge < -0.3 is 14.5 Å². The highest BCUT2D eigenvalue weighted by atomic mass is 19.1. The molecule has 1 fully saturated rings. The molecule has 7 heteroatoms. The third-order valence-electron chi connectivity index (χ3n) is 4.56. The van der Waals surface area contributed by atoms with Crippen LogP contribution in [0.15, 0.2) is 42.5 Å². The Bertz CT molecular complexity index is 840. The van der Waals surface area contributed by atoms with Crippen molar-refractivity contribution in [2.45, 2.75) is 6.42 Å². The molecule has 0 saturated carbocycles. The second kappa shape index (κ2) is 8.16. The van der Waals surface area contributed by atoms with E-state index in [0.29, 0.717) is 38.2 Å². The predicted octanol–water partition coefficient (Wildman–Crippen LogP) is 2.96. The monoisotopic (exact) mass is 374 g/mol. The van der Waals surface area contributed by atoms with Gasteiger partial charge in [0.1, 0.15) is 5.82 Å². The first kappa shape index (κ1) is 18.8. The summed E-state index contributed by atoms with van der Waals surface area (Å²) >= 11 is 0. The van der Waals surface area contributed by atoms with Gasteiger partial charge >= 0.3 is 0 Å². The predicted molar refractivity (Wildman–Crippen MR) is 95.8 cm³/mol. The van der Waals surface area contributed by atoms with E-state index in [9.17, 15) is 18.4 Å². The highest BCUT2D eigenvalue weighted by Crippen LogP contribution is 2.19. The summed E-state index contributed by atoms with van der Waals surface area (Å²) in [5.41, 5.74) is 0.653. The Labute approximate surface area is 156 Å². The summed E-state index contributed by atoms with van der Waals surface area (Å²) in [4.78, 5) is 28.5. The Morgan fingerprint density at radius 1 is 0.852 bits per heavy atom. The fraction of sp³-hybridized carbons (Fsp3) is 0.300. The minimum Gasteiger partial charge on any atom is -0.494 e. The second-order valence-electron chi connectivity index (χ2n) is 6.29. The molecule has 2 aromatic rings. The molecule has 1 aliphatic heterocycles. The molecule has 142 valence electrons. The van der Waals surface area contributed by atoms with Gasteiger partial charge in [-0.2, -0.15) is 0 Å². The van der Waals surface area contributed by atoms with Crippen molar-refractivity contribution >= 4 is 11.8 Å². The lowest BCUT2D eigenvalue weighted by Gasteiger charge is -2.22. The second-order valence-corrected chi connectivity index (χ2v) is 6.29. The summed E-state index contributed by atoms with van der Waals surface area (Å²) in [7, 11) is 1.36. The summed E-state index contributed by atoms with van der Waals surface area (Å²) in [5, 5.41) is 0. The molecule has 1 saturated heterocycles. The Morgan fingerprint density at radius 3 is 1.96 bits per heavy atom. The number of methoxy groups -OCH3 is 1. The lowest BCUT2D eigenvalue weighted by molar-refractivity contribution is 0.0718. The van der Waals surface area contributed by atoms with Crippen molar-refractivity contribution in [2.24, 2.45) is 0 Å². The molecule has 1 aliphatic rings. The molecule has 0 aliphatic carbocycles. The molecule has 5 nitrogen and oxygen atoms in total. The average molecular weight is 374 g/mol. The van der Waals surface area contributed by atoms with E-state index in [1.807, 2.05) is 0 Å². The normalized spacial score (nSPS) is 14.6. The van der Waals surface area contributed by atoms with Gasteiger partial charge in [0.05, 0.1) is 7.11 Å². The van der Waals surface area contributed by atoms with Crippen LogP contribution in [0.3, 0.4) is 0 Å². The molecule has 3 rings (SSSR count). The molecule has 1 heterocycles. The van der Waals surface area contributed by atoms with E-state index in [2.05, 4.69) is 0 Å². The van der Waals surface area contributed by atoms with Crippen LogP contribution in [-0.2, 0) is 0 Å². The molecule has 0 unspecified atom stereocenters. The van der Waals surface area contributed by atoms with Crippen molar-refractivity contribution < 1.29 is 23.1 Å². The SMILES string of the molecule is COc1ccc(C(=O)N2CCCN(C(=O)c3ccc(F)cc3)CC2)cc1F. The van der Waals surface area contributed by atoms with Crippen LogP contribution in [0.25, 0.3) is 0 Å². The van der Waals surface area contributed by atoms with Crippen molar-refractivity contribution in [3.63, 3.8) is 0 Å². The van der Waals surface area contributed by atoms with E-state index in [1.54, 1.807) is 9.80 Å². The molecule has 0 radical (unpaired) electrons. The maximum absolute atomic E-state index is 13.9. The fourth-order valence-electron chi connectivity index (χ4n) is 3.08. The summed E-state index contributed by atoms with van der Waals surface area (Å²) in [6.45, 7) is 1.68. The Morgan fingerprint density at radius 2 is 1.41 bits per heavy atom. The van der Waals surface area contributed by atoms with Gasteiger partial charge in [-0.1, -0.05) is 0 Å². The number of hydrogen-bond acceptors (Lipinski definition) is 3. The van der Waals surface area contributed by atoms with Crippen molar-refractivity contribution in [1.82, 2.24) is 9.80 Å². The lowest BCUT2D eigenvalue weighted by atomic mass is 10.1. The van der Waals surface area contributed by atoms with Gasteiger partial charge in [0, 0.05) is 37.3 Å². The zero-order valence-electron chi connectivity index (χ0n) is 15.0. The lowest BCUT2D eigenvalue weighted by Crippen LogP contribution is -2.37. The number of ether oxygens (including phenoxy) is 1. The molecule has 0 N–H and O–H groups in total. The number of hydrogen-bond donors (Lipinski definition) is 0. The Kier molecular flexibility index (Phi) is 5.69. The van der Waals surface area contributed by atoms with Gasteiger partial charge in [-0.25, -0.2) is 8.78 Å². The van der Waals surface area contributed by atoms with E-state index in [4.69, 9.17) is 4.74 Å². The minimum absolute atomic E-state index is 0.0819. The molecular weight excluding hydrogens is 354 g/mol. The zero-order valence-corrected chi connectivity index (χ0v) is 15.0. The van der Waals surface area contributed by atoms with Gasteiger partial charge in [0.15, 0.2) is 11.6 Å². The molecule has 27 heavy (non-hydrogen) atoms. The van der Waals surface area contributed by atoms with Gasteiger partial charge in [0.25, 0.3) is 11.8 Å². The standard InChI is InChI=1S/C20H20F2N2O3/c1-27-18-8-5-15(13-17(18)22)20(26)24-10-2-9-23(11-12-24)19(25)14-3-6-16(21)7-4-14/h3-8,13H,2,9-12H2,1H3. The van der Waals surface area contributed by atoms with Crippen LogP contribution in [0, 0.1) is 11.6 Å². The number of nitrogens with zero attached hydrogens (tertiary/aromatic N) is 2. The molecule has 2 aromatic carbocycles. The first-order valence-corrected chi connectivity index (χ1v) is 8.67. The average Bonchev–Trinajstić information content (AvgIpc) is 2.93. The van der Waals surface area contributed by atoms with Gasteiger partial charge in [0.2, 0.25) is 0 Å². The van der Waals surface area contributed by atoms with Crippen molar-refractivity contribution in [2.75, 3.05) is 33.3 Å². The molecule has 0 aromatic heterocycles.